The molecule has 0 bridgehead atoms. The first kappa shape index (κ1) is 17.7. The Morgan fingerprint density at radius 2 is 1.50 bits per heavy atom. The minimum absolute atomic E-state index is 0.243. The van der Waals surface area contributed by atoms with Crippen LogP contribution in [0.25, 0.3) is 11.1 Å². The smallest absolute Gasteiger partial charge is 0.151 e. The van der Waals surface area contributed by atoms with Gasteiger partial charge in [0.1, 0.15) is 0 Å². The van der Waals surface area contributed by atoms with Crippen LogP contribution < -0.4 is 0 Å². The van der Waals surface area contributed by atoms with E-state index in [0.29, 0.717) is 11.5 Å². The molecule has 2 aliphatic rings. The molecule has 2 aliphatic heterocycles. The molecular weight excluding hydrogens is 344 g/mol. The van der Waals surface area contributed by atoms with Gasteiger partial charge in [-0.05, 0) is 23.1 Å². The highest BCUT2D eigenvalue weighted by atomic mass is 32.2. The fourth-order valence-electron chi connectivity index (χ4n) is 4.04. The Balaban J connectivity index is 1.31. The van der Waals surface area contributed by atoms with Crippen LogP contribution in [0.4, 0.5) is 0 Å². The van der Waals surface area contributed by atoms with E-state index in [4.69, 9.17) is 0 Å². The molecule has 5 heteroatoms. The van der Waals surface area contributed by atoms with Gasteiger partial charge in [0.15, 0.2) is 9.84 Å². The molecule has 2 heterocycles. The summed E-state index contributed by atoms with van der Waals surface area (Å²) in [6, 6.07) is 19.5. The van der Waals surface area contributed by atoms with Crippen molar-refractivity contribution in [2.24, 2.45) is 0 Å². The lowest BCUT2D eigenvalue weighted by atomic mass is 10.0. The molecular formula is C21H26N2O2S. The molecule has 0 aromatic heterocycles. The second-order valence-corrected chi connectivity index (χ2v) is 9.66. The van der Waals surface area contributed by atoms with Gasteiger partial charge in [0.05, 0.1) is 11.5 Å². The van der Waals surface area contributed by atoms with E-state index in [1.165, 1.54) is 16.7 Å². The fourth-order valence-corrected chi connectivity index (χ4v) is 5.80. The van der Waals surface area contributed by atoms with Crippen LogP contribution in [0.5, 0.6) is 0 Å². The zero-order valence-corrected chi connectivity index (χ0v) is 15.9. The van der Waals surface area contributed by atoms with Gasteiger partial charge >= 0.3 is 0 Å². The minimum atomic E-state index is -2.79. The first-order chi connectivity index (χ1) is 12.6. The first-order valence-electron chi connectivity index (χ1n) is 9.40. The van der Waals surface area contributed by atoms with Gasteiger partial charge < -0.3 is 0 Å². The van der Waals surface area contributed by atoms with E-state index >= 15 is 0 Å². The molecule has 2 aromatic rings. The van der Waals surface area contributed by atoms with Gasteiger partial charge in [0, 0.05) is 38.8 Å². The van der Waals surface area contributed by atoms with Gasteiger partial charge in [-0.1, -0.05) is 54.6 Å². The fraction of sp³-hybridized carbons (Fsp3) is 0.429. The third-order valence-corrected chi connectivity index (χ3v) is 7.35. The van der Waals surface area contributed by atoms with Crippen molar-refractivity contribution >= 4 is 9.84 Å². The molecule has 2 fully saturated rings. The van der Waals surface area contributed by atoms with Crippen molar-refractivity contribution in [3.05, 3.63) is 60.2 Å². The maximum Gasteiger partial charge on any atom is 0.151 e. The summed E-state index contributed by atoms with van der Waals surface area (Å²) >= 11 is 0. The number of sulfone groups is 1. The maximum atomic E-state index is 11.7. The molecule has 4 rings (SSSR count). The van der Waals surface area contributed by atoms with E-state index in [0.717, 1.165) is 39.1 Å². The number of nitrogens with zero attached hydrogens (tertiary/aromatic N) is 2. The Morgan fingerprint density at radius 3 is 2.12 bits per heavy atom. The van der Waals surface area contributed by atoms with Crippen LogP contribution in [0.2, 0.25) is 0 Å². The largest absolute Gasteiger partial charge is 0.297 e. The zero-order valence-electron chi connectivity index (χ0n) is 15.0. The summed E-state index contributed by atoms with van der Waals surface area (Å²) in [5.41, 5.74) is 3.84. The Labute approximate surface area is 156 Å². The van der Waals surface area contributed by atoms with Crippen LogP contribution in [0.15, 0.2) is 54.6 Å². The number of rotatable bonds is 4. The monoisotopic (exact) mass is 370 g/mol. The van der Waals surface area contributed by atoms with Gasteiger partial charge in [-0.25, -0.2) is 8.42 Å². The highest BCUT2D eigenvalue weighted by molar-refractivity contribution is 7.91. The predicted molar refractivity (Wildman–Crippen MR) is 106 cm³/mol. The zero-order chi connectivity index (χ0) is 18.0. The molecule has 138 valence electrons. The number of piperazine rings is 1. The number of hydrogen-bond acceptors (Lipinski definition) is 4. The van der Waals surface area contributed by atoms with Crippen LogP contribution in [-0.2, 0) is 16.4 Å². The highest BCUT2D eigenvalue weighted by Gasteiger charge is 2.33. The van der Waals surface area contributed by atoms with Gasteiger partial charge in [0.25, 0.3) is 0 Å². The lowest BCUT2D eigenvalue weighted by Crippen LogP contribution is -2.50. The quantitative estimate of drug-likeness (QED) is 0.830. The van der Waals surface area contributed by atoms with Crippen LogP contribution in [-0.4, -0.2) is 61.9 Å². The molecule has 2 saturated heterocycles. The SMILES string of the molecule is O=S1(=O)CC[C@H](N2CCN(Cc3ccc(-c4ccccc4)cc3)CC2)C1. The Morgan fingerprint density at radius 1 is 0.846 bits per heavy atom. The lowest BCUT2D eigenvalue weighted by Gasteiger charge is -2.37. The van der Waals surface area contributed by atoms with Crippen LogP contribution >= 0.6 is 0 Å². The average Bonchev–Trinajstić information content (AvgIpc) is 3.04. The third-order valence-electron chi connectivity index (χ3n) is 5.60. The van der Waals surface area contributed by atoms with Gasteiger partial charge in [-0.3, -0.25) is 9.80 Å². The van der Waals surface area contributed by atoms with Crippen molar-refractivity contribution in [1.82, 2.24) is 9.80 Å². The molecule has 0 unspecified atom stereocenters. The van der Waals surface area contributed by atoms with Crippen molar-refractivity contribution in [1.29, 1.82) is 0 Å². The highest BCUT2D eigenvalue weighted by Crippen LogP contribution is 2.22. The standard InChI is InChI=1S/C21H26N2O2S/c24-26(25)15-10-21(17-26)23-13-11-22(12-14-23)16-18-6-8-20(9-7-18)19-4-2-1-3-5-19/h1-9,21H,10-17H2/t21-/m0/s1. The summed E-state index contributed by atoms with van der Waals surface area (Å²) in [6.07, 6.45) is 0.809. The normalized spacial score (nSPS) is 23.9. The second-order valence-electron chi connectivity index (χ2n) is 7.43. The minimum Gasteiger partial charge on any atom is -0.297 e. The lowest BCUT2D eigenvalue weighted by molar-refractivity contribution is 0.100. The van der Waals surface area contributed by atoms with Crippen molar-refractivity contribution in [2.75, 3.05) is 37.7 Å². The van der Waals surface area contributed by atoms with Gasteiger partial charge in [-0.15, -0.1) is 0 Å². The van der Waals surface area contributed by atoms with E-state index in [9.17, 15) is 8.42 Å². The molecule has 4 nitrogen and oxygen atoms in total. The molecule has 0 amide bonds. The summed E-state index contributed by atoms with van der Waals surface area (Å²) in [6.45, 7) is 4.93. The summed E-state index contributed by atoms with van der Waals surface area (Å²) < 4.78 is 23.4. The van der Waals surface area contributed by atoms with Crippen molar-refractivity contribution < 1.29 is 8.42 Å². The second kappa shape index (κ2) is 7.51. The maximum absolute atomic E-state index is 11.7. The van der Waals surface area contributed by atoms with Gasteiger partial charge in [0.2, 0.25) is 0 Å². The first-order valence-corrected chi connectivity index (χ1v) is 11.2. The molecule has 1 atom stereocenters. The van der Waals surface area contributed by atoms with Crippen molar-refractivity contribution in [3.8, 4) is 11.1 Å². The Kier molecular flexibility index (Phi) is 5.11. The average molecular weight is 371 g/mol. The van der Waals surface area contributed by atoms with E-state index in [-0.39, 0.29) is 6.04 Å². The summed E-state index contributed by atoms with van der Waals surface area (Å²) in [5.74, 6) is 0.722. The molecule has 0 aliphatic carbocycles. The summed E-state index contributed by atoms with van der Waals surface area (Å²) in [7, 11) is -2.79. The summed E-state index contributed by atoms with van der Waals surface area (Å²) in [4.78, 5) is 4.84. The van der Waals surface area contributed by atoms with E-state index in [2.05, 4.69) is 58.3 Å². The third kappa shape index (κ3) is 4.17. The van der Waals surface area contributed by atoms with Crippen LogP contribution in [0.1, 0.15) is 12.0 Å². The number of benzene rings is 2. The van der Waals surface area contributed by atoms with Crippen molar-refractivity contribution in [3.63, 3.8) is 0 Å². The number of hydrogen-bond donors (Lipinski definition) is 0. The molecule has 0 N–H and O–H groups in total. The van der Waals surface area contributed by atoms with Gasteiger partial charge in [-0.2, -0.15) is 0 Å². The molecule has 26 heavy (non-hydrogen) atoms. The van der Waals surface area contributed by atoms with E-state index in [1.54, 1.807) is 0 Å². The Hall–Kier alpha value is -1.69. The van der Waals surface area contributed by atoms with Crippen LogP contribution in [0, 0.1) is 0 Å². The van der Waals surface area contributed by atoms with Crippen LogP contribution in [0.3, 0.4) is 0 Å². The molecule has 0 radical (unpaired) electrons. The van der Waals surface area contributed by atoms with E-state index in [1.807, 2.05) is 6.07 Å². The molecule has 0 saturated carbocycles. The predicted octanol–water partition coefficient (Wildman–Crippen LogP) is 2.66. The molecule has 0 spiro atoms. The Bertz CT molecular complexity index is 826. The molecule has 2 aromatic carbocycles. The topological polar surface area (TPSA) is 40.6 Å². The van der Waals surface area contributed by atoms with E-state index < -0.39 is 9.84 Å². The van der Waals surface area contributed by atoms with Crippen molar-refractivity contribution in [2.45, 2.75) is 19.0 Å². The summed E-state index contributed by atoms with van der Waals surface area (Å²) in [5, 5.41) is 0.